The maximum absolute atomic E-state index is 5.76. The van der Waals surface area contributed by atoms with Gasteiger partial charge in [0.25, 0.3) is 0 Å². The predicted octanol–water partition coefficient (Wildman–Crippen LogP) is 2.53. The average Bonchev–Trinajstić information content (AvgIpc) is 2.73. The van der Waals surface area contributed by atoms with Gasteiger partial charge in [-0.15, -0.1) is 0 Å². The van der Waals surface area contributed by atoms with Crippen LogP contribution in [0.25, 0.3) is 5.65 Å². The first-order chi connectivity index (χ1) is 7.83. The van der Waals surface area contributed by atoms with Gasteiger partial charge in [-0.05, 0) is 30.7 Å². The summed E-state index contributed by atoms with van der Waals surface area (Å²) in [5.74, 6) is 3.13. The maximum Gasteiger partial charge on any atom is 0.137 e. The summed E-state index contributed by atoms with van der Waals surface area (Å²) in [7, 11) is 0. The third-order valence-corrected chi connectivity index (χ3v) is 4.29. The molecule has 1 unspecified atom stereocenters. The second kappa shape index (κ2) is 4.01. The fourth-order valence-corrected chi connectivity index (χ4v) is 3.36. The van der Waals surface area contributed by atoms with Crippen molar-refractivity contribution in [3.8, 4) is 0 Å². The number of imidazole rings is 1. The van der Waals surface area contributed by atoms with E-state index in [1.54, 1.807) is 0 Å². The first-order valence-electron chi connectivity index (χ1n) is 5.65. The highest BCUT2D eigenvalue weighted by Gasteiger charge is 2.18. The van der Waals surface area contributed by atoms with E-state index in [4.69, 9.17) is 5.73 Å². The molecule has 0 aliphatic carbocycles. The summed E-state index contributed by atoms with van der Waals surface area (Å²) in [6.45, 7) is 0. The monoisotopic (exact) mass is 233 g/mol. The summed E-state index contributed by atoms with van der Waals surface area (Å²) in [6.07, 6.45) is 6.64. The van der Waals surface area contributed by atoms with Crippen LogP contribution in [0, 0.1) is 0 Å². The molecular weight excluding hydrogens is 218 g/mol. The Morgan fingerprint density at radius 2 is 2.31 bits per heavy atom. The summed E-state index contributed by atoms with van der Waals surface area (Å²) in [5, 5.41) is 0. The van der Waals surface area contributed by atoms with Crippen molar-refractivity contribution < 1.29 is 0 Å². The zero-order valence-corrected chi connectivity index (χ0v) is 9.91. The van der Waals surface area contributed by atoms with Gasteiger partial charge in [0.1, 0.15) is 5.65 Å². The Hall–Kier alpha value is -1.16. The minimum atomic E-state index is 0.625. The fraction of sp³-hybridized carbons (Fsp3) is 0.417. The number of nitrogens with zero attached hydrogens (tertiary/aromatic N) is 2. The molecule has 0 radical (unpaired) electrons. The molecule has 84 valence electrons. The Bertz CT molecular complexity index is 500. The van der Waals surface area contributed by atoms with Crippen molar-refractivity contribution in [1.82, 2.24) is 9.38 Å². The van der Waals surface area contributed by atoms with Gasteiger partial charge in [-0.3, -0.25) is 0 Å². The SMILES string of the molecule is Nc1ccc2nc(C3CCCSC3)cn2c1. The first-order valence-corrected chi connectivity index (χ1v) is 6.80. The number of nitrogens with two attached hydrogens (primary N) is 1. The molecule has 1 atom stereocenters. The molecule has 0 bridgehead atoms. The van der Waals surface area contributed by atoms with Crippen LogP contribution in [0.4, 0.5) is 5.69 Å². The highest BCUT2D eigenvalue weighted by atomic mass is 32.2. The van der Waals surface area contributed by atoms with E-state index < -0.39 is 0 Å². The number of thioether (sulfide) groups is 1. The number of fused-ring (bicyclic) bond motifs is 1. The molecular formula is C12H15N3S. The number of hydrogen-bond acceptors (Lipinski definition) is 3. The third kappa shape index (κ3) is 1.78. The molecule has 2 N–H and O–H groups in total. The number of aromatic nitrogens is 2. The van der Waals surface area contributed by atoms with E-state index in [9.17, 15) is 0 Å². The van der Waals surface area contributed by atoms with Crippen molar-refractivity contribution in [1.29, 1.82) is 0 Å². The fourth-order valence-electron chi connectivity index (χ4n) is 2.20. The number of hydrogen-bond donors (Lipinski definition) is 1. The maximum atomic E-state index is 5.76. The van der Waals surface area contributed by atoms with Crippen molar-refractivity contribution in [2.75, 3.05) is 17.2 Å². The van der Waals surface area contributed by atoms with E-state index in [1.165, 1.54) is 30.0 Å². The second-order valence-corrected chi connectivity index (χ2v) is 5.46. The van der Waals surface area contributed by atoms with Gasteiger partial charge in [0, 0.05) is 29.8 Å². The highest BCUT2D eigenvalue weighted by Crippen LogP contribution is 2.30. The zero-order chi connectivity index (χ0) is 11.0. The molecule has 1 fully saturated rings. The van der Waals surface area contributed by atoms with Crippen LogP contribution in [0.15, 0.2) is 24.5 Å². The molecule has 0 aromatic carbocycles. The standard InChI is InChI=1S/C12H15N3S/c13-10-3-4-12-14-11(7-15(12)6-10)9-2-1-5-16-8-9/h3-4,6-7,9H,1-2,5,8,13H2. The van der Waals surface area contributed by atoms with E-state index in [0.29, 0.717) is 5.92 Å². The topological polar surface area (TPSA) is 43.3 Å². The number of nitrogen functional groups attached to an aromatic ring is 1. The molecule has 2 aromatic rings. The first kappa shape index (κ1) is 10.0. The number of anilines is 1. The smallest absolute Gasteiger partial charge is 0.137 e. The molecule has 0 spiro atoms. The van der Waals surface area contributed by atoms with Gasteiger partial charge >= 0.3 is 0 Å². The lowest BCUT2D eigenvalue weighted by Gasteiger charge is -2.18. The van der Waals surface area contributed by atoms with Crippen LogP contribution in [0.2, 0.25) is 0 Å². The van der Waals surface area contributed by atoms with Crippen LogP contribution in [0.3, 0.4) is 0 Å². The Morgan fingerprint density at radius 3 is 3.12 bits per heavy atom. The van der Waals surface area contributed by atoms with Crippen LogP contribution < -0.4 is 5.73 Å². The molecule has 1 aliphatic heterocycles. The van der Waals surface area contributed by atoms with E-state index in [0.717, 1.165) is 11.3 Å². The molecule has 0 saturated carbocycles. The van der Waals surface area contributed by atoms with Crippen molar-refractivity contribution >= 4 is 23.1 Å². The quantitative estimate of drug-likeness (QED) is 0.823. The zero-order valence-electron chi connectivity index (χ0n) is 9.10. The lowest BCUT2D eigenvalue weighted by atomic mass is 10.0. The minimum Gasteiger partial charge on any atom is -0.398 e. The van der Waals surface area contributed by atoms with Gasteiger partial charge in [-0.2, -0.15) is 11.8 Å². The summed E-state index contributed by atoms with van der Waals surface area (Å²) in [4.78, 5) is 4.67. The molecule has 1 saturated heterocycles. The van der Waals surface area contributed by atoms with Crippen molar-refractivity contribution in [2.45, 2.75) is 18.8 Å². The van der Waals surface area contributed by atoms with Gasteiger partial charge in [-0.1, -0.05) is 0 Å². The van der Waals surface area contributed by atoms with Crippen LogP contribution in [0.5, 0.6) is 0 Å². The minimum absolute atomic E-state index is 0.625. The summed E-state index contributed by atoms with van der Waals surface area (Å²) in [5.41, 5.74) is 8.77. The van der Waals surface area contributed by atoms with Crippen LogP contribution in [-0.4, -0.2) is 20.9 Å². The molecule has 2 aromatic heterocycles. The molecule has 0 amide bonds. The predicted molar refractivity (Wildman–Crippen MR) is 68.9 cm³/mol. The van der Waals surface area contributed by atoms with Gasteiger partial charge in [0.05, 0.1) is 5.69 Å². The Labute approximate surface area is 99.1 Å². The normalized spacial score (nSPS) is 21.4. The highest BCUT2D eigenvalue weighted by molar-refractivity contribution is 7.99. The Kier molecular flexibility index (Phi) is 2.52. The molecule has 1 aliphatic rings. The van der Waals surface area contributed by atoms with Crippen LogP contribution in [-0.2, 0) is 0 Å². The van der Waals surface area contributed by atoms with Gasteiger partial charge in [-0.25, -0.2) is 4.98 Å². The van der Waals surface area contributed by atoms with Crippen molar-refractivity contribution in [3.63, 3.8) is 0 Å². The summed E-state index contributed by atoms with van der Waals surface area (Å²) < 4.78 is 2.03. The largest absolute Gasteiger partial charge is 0.398 e. The lowest BCUT2D eigenvalue weighted by Crippen LogP contribution is -2.08. The van der Waals surface area contributed by atoms with Gasteiger partial charge in [0.2, 0.25) is 0 Å². The summed E-state index contributed by atoms with van der Waals surface area (Å²) >= 11 is 2.04. The molecule has 3 nitrogen and oxygen atoms in total. The number of rotatable bonds is 1. The van der Waals surface area contributed by atoms with Gasteiger partial charge in [0.15, 0.2) is 0 Å². The van der Waals surface area contributed by atoms with Crippen LogP contribution in [0.1, 0.15) is 24.5 Å². The molecule has 4 heteroatoms. The lowest BCUT2D eigenvalue weighted by molar-refractivity contribution is 0.647. The van der Waals surface area contributed by atoms with E-state index >= 15 is 0 Å². The number of pyridine rings is 1. The molecule has 3 rings (SSSR count). The van der Waals surface area contributed by atoms with Gasteiger partial charge < -0.3 is 10.1 Å². The second-order valence-electron chi connectivity index (χ2n) is 4.31. The Balaban J connectivity index is 1.97. The van der Waals surface area contributed by atoms with Crippen molar-refractivity contribution in [3.05, 3.63) is 30.2 Å². The molecule has 3 heterocycles. The van der Waals surface area contributed by atoms with Crippen molar-refractivity contribution in [2.24, 2.45) is 0 Å². The van der Waals surface area contributed by atoms with E-state index in [-0.39, 0.29) is 0 Å². The van der Waals surface area contributed by atoms with Crippen LogP contribution >= 0.6 is 11.8 Å². The third-order valence-electron chi connectivity index (χ3n) is 3.07. The average molecular weight is 233 g/mol. The van der Waals surface area contributed by atoms with E-state index in [2.05, 4.69) is 11.2 Å². The Morgan fingerprint density at radius 1 is 1.38 bits per heavy atom. The van der Waals surface area contributed by atoms with E-state index in [1.807, 2.05) is 34.5 Å². The molecule has 16 heavy (non-hydrogen) atoms. The summed E-state index contributed by atoms with van der Waals surface area (Å²) in [6, 6.07) is 3.89.